The van der Waals surface area contributed by atoms with E-state index in [1.165, 1.54) is 12.1 Å². The van der Waals surface area contributed by atoms with E-state index >= 15 is 0 Å². The summed E-state index contributed by atoms with van der Waals surface area (Å²) >= 11 is 0. The number of halogens is 3. The molecule has 0 amide bonds. The van der Waals surface area contributed by atoms with Crippen LogP contribution < -0.4 is 5.32 Å². The number of benzene rings is 1. The van der Waals surface area contributed by atoms with E-state index < -0.39 is 11.7 Å². The van der Waals surface area contributed by atoms with E-state index in [2.05, 4.69) is 5.32 Å². The maximum Gasteiger partial charge on any atom is 0.416 e. The smallest absolute Gasteiger partial charge is 0.376 e. The minimum absolute atomic E-state index is 0.0909. The van der Waals surface area contributed by atoms with Gasteiger partial charge in [0.05, 0.1) is 31.5 Å². The van der Waals surface area contributed by atoms with Crippen molar-refractivity contribution in [1.82, 2.24) is 5.32 Å². The van der Waals surface area contributed by atoms with Crippen LogP contribution in [0.4, 0.5) is 13.2 Å². The first-order valence-corrected chi connectivity index (χ1v) is 6.12. The molecule has 106 valence electrons. The second kappa shape index (κ2) is 6.36. The van der Waals surface area contributed by atoms with Gasteiger partial charge < -0.3 is 14.8 Å². The van der Waals surface area contributed by atoms with Crippen LogP contribution in [-0.4, -0.2) is 32.5 Å². The Kier molecular flexibility index (Phi) is 4.79. The van der Waals surface area contributed by atoms with Crippen molar-refractivity contribution in [1.29, 1.82) is 0 Å². The van der Waals surface area contributed by atoms with Crippen molar-refractivity contribution in [2.45, 2.75) is 18.8 Å². The Hall–Kier alpha value is -1.11. The molecule has 0 bridgehead atoms. The molecule has 1 heterocycles. The van der Waals surface area contributed by atoms with Crippen LogP contribution in [-0.2, 0) is 22.2 Å². The third kappa shape index (κ3) is 4.19. The highest BCUT2D eigenvalue weighted by atomic mass is 19.4. The topological polar surface area (TPSA) is 30.5 Å². The zero-order chi connectivity index (χ0) is 13.7. The van der Waals surface area contributed by atoms with Crippen molar-refractivity contribution < 1.29 is 22.6 Å². The maximum atomic E-state index is 12.8. The predicted molar refractivity (Wildman–Crippen MR) is 63.7 cm³/mol. The van der Waals surface area contributed by atoms with Crippen LogP contribution in [0.5, 0.6) is 0 Å². The fraction of sp³-hybridized carbons (Fsp3) is 0.538. The monoisotopic (exact) mass is 275 g/mol. The number of alkyl halides is 3. The molecule has 19 heavy (non-hydrogen) atoms. The lowest BCUT2D eigenvalue weighted by Crippen LogP contribution is -2.37. The Bertz CT molecular complexity index is 403. The molecule has 1 unspecified atom stereocenters. The average molecular weight is 275 g/mol. The summed E-state index contributed by atoms with van der Waals surface area (Å²) in [5.41, 5.74) is -0.352. The van der Waals surface area contributed by atoms with Gasteiger partial charge in [-0.1, -0.05) is 18.2 Å². The zero-order valence-corrected chi connectivity index (χ0v) is 10.4. The Labute approximate surface area is 109 Å². The number of hydrogen-bond donors (Lipinski definition) is 1. The minimum Gasteiger partial charge on any atom is -0.376 e. The predicted octanol–water partition coefficient (Wildman–Crippen LogP) is 2.21. The SMILES string of the molecule is FC(F)(F)c1ccccc1CNCC1COCCO1. The van der Waals surface area contributed by atoms with E-state index in [0.29, 0.717) is 26.4 Å². The van der Waals surface area contributed by atoms with Crippen molar-refractivity contribution in [3.8, 4) is 0 Å². The molecule has 0 saturated carbocycles. The zero-order valence-electron chi connectivity index (χ0n) is 10.4. The van der Waals surface area contributed by atoms with Crippen LogP contribution in [0.25, 0.3) is 0 Å². The molecular weight excluding hydrogens is 259 g/mol. The summed E-state index contributed by atoms with van der Waals surface area (Å²) in [7, 11) is 0. The third-order valence-corrected chi connectivity index (χ3v) is 2.90. The van der Waals surface area contributed by atoms with Gasteiger partial charge in [0.2, 0.25) is 0 Å². The standard InChI is InChI=1S/C13H16F3NO2/c14-13(15,16)12-4-2-1-3-10(12)7-17-8-11-9-18-5-6-19-11/h1-4,11,17H,5-9H2. The van der Waals surface area contributed by atoms with Crippen molar-refractivity contribution >= 4 is 0 Å². The lowest BCUT2D eigenvalue weighted by Gasteiger charge is -2.23. The van der Waals surface area contributed by atoms with Gasteiger partial charge in [-0.05, 0) is 11.6 Å². The maximum absolute atomic E-state index is 12.8. The molecule has 1 saturated heterocycles. The van der Waals surface area contributed by atoms with Crippen LogP contribution in [0.2, 0.25) is 0 Å². The lowest BCUT2D eigenvalue weighted by atomic mass is 10.1. The van der Waals surface area contributed by atoms with Gasteiger partial charge in [0, 0.05) is 13.1 Å². The molecule has 1 N–H and O–H groups in total. The Morgan fingerprint density at radius 3 is 2.68 bits per heavy atom. The van der Waals surface area contributed by atoms with Gasteiger partial charge in [-0.25, -0.2) is 0 Å². The highest BCUT2D eigenvalue weighted by molar-refractivity contribution is 5.29. The summed E-state index contributed by atoms with van der Waals surface area (Å²) in [6.07, 6.45) is -4.41. The van der Waals surface area contributed by atoms with Gasteiger partial charge in [-0.3, -0.25) is 0 Å². The van der Waals surface area contributed by atoms with E-state index in [-0.39, 0.29) is 18.2 Å². The molecule has 0 aromatic heterocycles. The van der Waals surface area contributed by atoms with Crippen LogP contribution in [0, 0.1) is 0 Å². The molecule has 0 radical (unpaired) electrons. The first-order valence-electron chi connectivity index (χ1n) is 6.12. The minimum atomic E-state index is -4.32. The largest absolute Gasteiger partial charge is 0.416 e. The number of nitrogens with one attached hydrogen (secondary N) is 1. The second-order valence-corrected chi connectivity index (χ2v) is 4.35. The van der Waals surface area contributed by atoms with Crippen molar-refractivity contribution in [3.05, 3.63) is 35.4 Å². The fourth-order valence-corrected chi connectivity index (χ4v) is 1.97. The van der Waals surface area contributed by atoms with Gasteiger partial charge in [0.25, 0.3) is 0 Å². The van der Waals surface area contributed by atoms with E-state index in [0.717, 1.165) is 6.07 Å². The van der Waals surface area contributed by atoms with E-state index in [1.54, 1.807) is 6.07 Å². The van der Waals surface area contributed by atoms with Crippen LogP contribution in [0.1, 0.15) is 11.1 Å². The van der Waals surface area contributed by atoms with Gasteiger partial charge >= 0.3 is 6.18 Å². The lowest BCUT2D eigenvalue weighted by molar-refractivity contribution is -0.138. The third-order valence-electron chi connectivity index (χ3n) is 2.90. The molecule has 6 heteroatoms. The summed E-state index contributed by atoms with van der Waals surface area (Å²) in [4.78, 5) is 0. The molecule has 2 rings (SSSR count). The highest BCUT2D eigenvalue weighted by Crippen LogP contribution is 2.31. The second-order valence-electron chi connectivity index (χ2n) is 4.35. The Balaban J connectivity index is 1.88. The first-order chi connectivity index (χ1) is 9.07. The summed E-state index contributed by atoms with van der Waals surface area (Å²) in [6, 6.07) is 5.57. The molecule has 1 aromatic rings. The van der Waals surface area contributed by atoms with Gasteiger partial charge in [0.15, 0.2) is 0 Å². The van der Waals surface area contributed by atoms with Gasteiger partial charge in [0.1, 0.15) is 0 Å². The number of rotatable bonds is 4. The normalized spacial score (nSPS) is 20.5. The van der Waals surface area contributed by atoms with Gasteiger partial charge in [-0.2, -0.15) is 13.2 Å². The quantitative estimate of drug-likeness (QED) is 0.914. The van der Waals surface area contributed by atoms with Gasteiger partial charge in [-0.15, -0.1) is 0 Å². The molecule has 1 fully saturated rings. The number of hydrogen-bond acceptors (Lipinski definition) is 3. The van der Waals surface area contributed by atoms with Crippen LogP contribution in [0.3, 0.4) is 0 Å². The van der Waals surface area contributed by atoms with Crippen molar-refractivity contribution in [2.24, 2.45) is 0 Å². The van der Waals surface area contributed by atoms with E-state index in [1.807, 2.05) is 0 Å². The average Bonchev–Trinajstić information content (AvgIpc) is 2.39. The summed E-state index contributed by atoms with van der Waals surface area (Å²) in [5.74, 6) is 0. The number of ether oxygens (including phenoxy) is 2. The summed E-state index contributed by atoms with van der Waals surface area (Å²) in [6.45, 7) is 2.23. The molecule has 0 spiro atoms. The first kappa shape index (κ1) is 14.3. The van der Waals surface area contributed by atoms with E-state index in [4.69, 9.17) is 9.47 Å². The molecule has 1 aliphatic heterocycles. The summed E-state index contributed by atoms with van der Waals surface area (Å²) < 4.78 is 48.9. The van der Waals surface area contributed by atoms with Crippen LogP contribution in [0.15, 0.2) is 24.3 Å². The van der Waals surface area contributed by atoms with Crippen LogP contribution >= 0.6 is 0 Å². The fourth-order valence-electron chi connectivity index (χ4n) is 1.97. The highest BCUT2D eigenvalue weighted by Gasteiger charge is 2.32. The molecule has 1 aromatic carbocycles. The van der Waals surface area contributed by atoms with E-state index in [9.17, 15) is 13.2 Å². The Morgan fingerprint density at radius 2 is 2.00 bits per heavy atom. The molecule has 3 nitrogen and oxygen atoms in total. The Morgan fingerprint density at radius 1 is 1.21 bits per heavy atom. The molecule has 1 atom stereocenters. The van der Waals surface area contributed by atoms with Crippen molar-refractivity contribution in [3.63, 3.8) is 0 Å². The molecular formula is C13H16F3NO2. The summed E-state index contributed by atoms with van der Waals surface area (Å²) in [5, 5.41) is 2.98. The van der Waals surface area contributed by atoms with Crippen molar-refractivity contribution in [2.75, 3.05) is 26.4 Å². The molecule has 0 aliphatic carbocycles. The molecule has 1 aliphatic rings.